The van der Waals surface area contributed by atoms with Crippen LogP contribution in [-0.4, -0.2) is 37.1 Å². The fourth-order valence-electron chi connectivity index (χ4n) is 4.68. The molecule has 0 atom stereocenters. The van der Waals surface area contributed by atoms with E-state index in [-0.39, 0.29) is 23.9 Å². The van der Waals surface area contributed by atoms with E-state index in [2.05, 4.69) is 31.2 Å². The lowest BCUT2D eigenvalue weighted by Gasteiger charge is -2.23. The summed E-state index contributed by atoms with van der Waals surface area (Å²) in [5.41, 5.74) is 3.50. The lowest BCUT2D eigenvalue weighted by atomic mass is 9.97. The second kappa shape index (κ2) is 11.3. The van der Waals surface area contributed by atoms with E-state index in [1.807, 2.05) is 30.3 Å². The number of piperidine rings is 1. The molecular weight excluding hydrogens is 478 g/mol. The highest BCUT2D eigenvalue weighted by Gasteiger charge is 2.22. The van der Waals surface area contributed by atoms with Crippen LogP contribution < -0.4 is 22.0 Å². The lowest BCUT2D eigenvalue weighted by Crippen LogP contribution is -3.13. The van der Waals surface area contributed by atoms with Gasteiger partial charge in [-0.1, -0.05) is 29.8 Å². The number of rotatable bonds is 7. The molecular formula is C29H30ClNO3S. The molecule has 0 radical (unpaired) electrons. The number of phenols is 1. The van der Waals surface area contributed by atoms with E-state index in [1.165, 1.54) is 49.3 Å². The number of fused-ring (bicyclic) bond motifs is 1. The summed E-state index contributed by atoms with van der Waals surface area (Å²) in [6.07, 6.45) is 3.98. The van der Waals surface area contributed by atoms with Crippen molar-refractivity contribution in [3.63, 3.8) is 0 Å². The van der Waals surface area contributed by atoms with Crippen molar-refractivity contribution in [2.75, 3.05) is 26.2 Å². The highest BCUT2D eigenvalue weighted by molar-refractivity contribution is 7.22. The molecule has 4 nitrogen and oxygen atoms in total. The maximum absolute atomic E-state index is 13.7. The standard InChI is InChI=1S/C29H29NO3S.ClH/c1-20-5-7-22(8-6-20)29-27(25-14-11-23(31)19-26(25)34-29)28(32)21-9-12-24(13-10-21)33-18-17-30-15-3-2-4-16-30;/h5-14,19,31H,2-4,15-18H2,1H3;1H. The van der Waals surface area contributed by atoms with Gasteiger partial charge in [-0.2, -0.15) is 0 Å². The highest BCUT2D eigenvalue weighted by Crippen LogP contribution is 2.41. The first-order chi connectivity index (χ1) is 16.6. The molecule has 3 aromatic carbocycles. The van der Waals surface area contributed by atoms with Gasteiger partial charge in [-0.15, -0.1) is 11.3 Å². The Kier molecular flexibility index (Phi) is 8.11. The molecule has 2 heterocycles. The first kappa shape index (κ1) is 25.2. The van der Waals surface area contributed by atoms with Crippen LogP contribution in [0, 0.1) is 6.92 Å². The number of thiophene rings is 1. The second-order valence-corrected chi connectivity index (χ2v) is 10.2. The number of halogens is 1. The van der Waals surface area contributed by atoms with E-state index in [1.54, 1.807) is 17.0 Å². The Morgan fingerprint density at radius 3 is 2.40 bits per heavy atom. The summed E-state index contributed by atoms with van der Waals surface area (Å²) in [6.45, 7) is 6.25. The molecule has 182 valence electrons. The van der Waals surface area contributed by atoms with Crippen LogP contribution in [0.1, 0.15) is 40.7 Å². The molecule has 1 aliphatic heterocycles. The summed E-state index contributed by atoms with van der Waals surface area (Å²) in [5, 5.41) is 10.9. The number of carbonyl (C=O) groups excluding carboxylic acids is 1. The van der Waals surface area contributed by atoms with Gasteiger partial charge >= 0.3 is 0 Å². The number of hydrogen-bond acceptors (Lipinski definition) is 4. The third-order valence-electron chi connectivity index (χ3n) is 6.62. The van der Waals surface area contributed by atoms with Crippen LogP contribution in [-0.2, 0) is 0 Å². The minimum absolute atomic E-state index is 0. The summed E-state index contributed by atoms with van der Waals surface area (Å²) in [7, 11) is 0. The van der Waals surface area contributed by atoms with Gasteiger partial charge in [0, 0.05) is 26.1 Å². The van der Waals surface area contributed by atoms with Crippen molar-refractivity contribution in [2.24, 2.45) is 0 Å². The van der Waals surface area contributed by atoms with E-state index >= 15 is 0 Å². The zero-order chi connectivity index (χ0) is 23.5. The number of hydrogen-bond donors (Lipinski definition) is 2. The van der Waals surface area contributed by atoms with Gasteiger partial charge in [-0.25, -0.2) is 0 Å². The zero-order valence-corrected chi connectivity index (χ0v) is 21.4. The summed E-state index contributed by atoms with van der Waals surface area (Å²) in [4.78, 5) is 16.2. The van der Waals surface area contributed by atoms with Crippen LogP contribution in [0.3, 0.4) is 0 Å². The van der Waals surface area contributed by atoms with Crippen LogP contribution in [0.15, 0.2) is 66.7 Å². The molecule has 0 aliphatic carbocycles. The Bertz CT molecular complexity index is 1290. The third-order valence-corrected chi connectivity index (χ3v) is 7.82. The fourth-order valence-corrected chi connectivity index (χ4v) is 5.92. The van der Waals surface area contributed by atoms with Gasteiger partial charge in [0.1, 0.15) is 24.7 Å². The first-order valence-corrected chi connectivity index (χ1v) is 12.8. The smallest absolute Gasteiger partial charge is 0.195 e. The molecule has 1 fully saturated rings. The molecule has 2 N–H and O–H groups in total. The van der Waals surface area contributed by atoms with Crippen LogP contribution in [0.2, 0.25) is 0 Å². The quantitative estimate of drug-likeness (QED) is 0.377. The number of ether oxygens (including phenoxy) is 1. The van der Waals surface area contributed by atoms with E-state index in [4.69, 9.17) is 4.74 Å². The average Bonchev–Trinajstić information content (AvgIpc) is 3.23. The summed E-state index contributed by atoms with van der Waals surface area (Å²) < 4.78 is 6.87. The normalized spacial score (nSPS) is 14.0. The van der Waals surface area contributed by atoms with Crippen molar-refractivity contribution in [3.8, 4) is 21.9 Å². The number of aryl methyl sites for hydroxylation is 1. The second-order valence-electron chi connectivity index (χ2n) is 9.12. The largest absolute Gasteiger partial charge is 1.00 e. The van der Waals surface area contributed by atoms with Gasteiger partial charge < -0.3 is 27.2 Å². The molecule has 1 saturated heterocycles. The first-order valence-electron chi connectivity index (χ1n) is 12.0. The van der Waals surface area contributed by atoms with Crippen LogP contribution in [0.5, 0.6) is 11.5 Å². The molecule has 0 unspecified atom stereocenters. The average molecular weight is 508 g/mol. The predicted molar refractivity (Wildman–Crippen MR) is 138 cm³/mol. The number of quaternary nitrogens is 1. The maximum atomic E-state index is 13.7. The number of aromatic hydroxyl groups is 1. The molecule has 0 saturated carbocycles. The maximum Gasteiger partial charge on any atom is 0.195 e. The molecule has 1 aromatic heterocycles. The number of benzene rings is 3. The van der Waals surface area contributed by atoms with Gasteiger partial charge in [-0.05, 0) is 74.2 Å². The van der Waals surface area contributed by atoms with Crippen molar-refractivity contribution in [1.82, 2.24) is 0 Å². The van der Waals surface area contributed by atoms with E-state index in [9.17, 15) is 9.90 Å². The van der Waals surface area contributed by atoms with Crippen molar-refractivity contribution >= 4 is 27.2 Å². The Morgan fingerprint density at radius 1 is 0.971 bits per heavy atom. The van der Waals surface area contributed by atoms with E-state index in [0.717, 1.165) is 32.8 Å². The summed E-state index contributed by atoms with van der Waals surface area (Å²) in [5.74, 6) is 0.986. The number of phenolic OH excluding ortho intramolecular Hbond substituents is 1. The van der Waals surface area contributed by atoms with Gasteiger partial charge in [-0.3, -0.25) is 4.79 Å². The Hall–Kier alpha value is -2.86. The monoisotopic (exact) mass is 507 g/mol. The highest BCUT2D eigenvalue weighted by atomic mass is 35.5. The van der Waals surface area contributed by atoms with Crippen molar-refractivity contribution < 1.29 is 31.9 Å². The van der Waals surface area contributed by atoms with Gasteiger partial charge in [0.25, 0.3) is 0 Å². The molecule has 6 heteroatoms. The zero-order valence-electron chi connectivity index (χ0n) is 19.9. The third kappa shape index (κ3) is 5.69. The van der Waals surface area contributed by atoms with Gasteiger partial charge in [0.05, 0.1) is 13.1 Å². The molecule has 4 aromatic rings. The molecule has 0 amide bonds. The molecule has 0 spiro atoms. The number of nitrogens with one attached hydrogen (secondary N) is 1. The minimum atomic E-state index is -0.0168. The Labute approximate surface area is 216 Å². The molecule has 0 bridgehead atoms. The van der Waals surface area contributed by atoms with Crippen molar-refractivity contribution in [1.29, 1.82) is 0 Å². The Morgan fingerprint density at radius 2 is 1.69 bits per heavy atom. The topological polar surface area (TPSA) is 51.0 Å². The predicted octanol–water partition coefficient (Wildman–Crippen LogP) is 2.26. The fraction of sp³-hybridized carbons (Fsp3) is 0.276. The van der Waals surface area contributed by atoms with Gasteiger partial charge in [0.15, 0.2) is 5.78 Å². The molecule has 5 rings (SSSR count). The van der Waals surface area contributed by atoms with Gasteiger partial charge in [0.2, 0.25) is 0 Å². The number of ketones is 1. The molecule has 35 heavy (non-hydrogen) atoms. The van der Waals surface area contributed by atoms with E-state index in [0.29, 0.717) is 17.7 Å². The summed E-state index contributed by atoms with van der Waals surface area (Å²) in [6, 6.07) is 20.9. The number of likely N-dealkylation sites (tertiary alicyclic amines) is 1. The lowest BCUT2D eigenvalue weighted by molar-refractivity contribution is -0.904. The molecule has 1 aliphatic rings. The minimum Gasteiger partial charge on any atom is -1.00 e. The van der Waals surface area contributed by atoms with Crippen LogP contribution in [0.25, 0.3) is 20.5 Å². The van der Waals surface area contributed by atoms with Crippen LogP contribution >= 0.6 is 11.3 Å². The Balaban J connectivity index is 0.00000289. The van der Waals surface area contributed by atoms with E-state index < -0.39 is 0 Å². The SMILES string of the molecule is Cc1ccc(-c2sc3cc(O)ccc3c2C(=O)c2ccc(OCC[NH+]3CCCCC3)cc2)cc1.[Cl-]. The van der Waals surface area contributed by atoms with Crippen molar-refractivity contribution in [2.45, 2.75) is 26.2 Å². The van der Waals surface area contributed by atoms with Crippen molar-refractivity contribution in [3.05, 3.63) is 83.4 Å². The summed E-state index contributed by atoms with van der Waals surface area (Å²) >= 11 is 1.54. The number of carbonyl (C=O) groups is 1. The van der Waals surface area contributed by atoms with Crippen LogP contribution in [0.4, 0.5) is 0 Å².